The normalized spacial score (nSPS) is 24.5. The number of aromatic nitrogens is 2. The number of halogens is 3. The van der Waals surface area contributed by atoms with E-state index in [0.717, 1.165) is 25.0 Å². The summed E-state index contributed by atoms with van der Waals surface area (Å²) in [6, 6.07) is 1.40. The molecule has 0 radical (unpaired) electrons. The molecule has 0 spiro atoms. The maximum absolute atomic E-state index is 14.0. The van der Waals surface area contributed by atoms with E-state index in [2.05, 4.69) is 4.98 Å². The van der Waals surface area contributed by atoms with Crippen LogP contribution in [0.4, 0.5) is 19.1 Å². The molecule has 1 aromatic carbocycles. The first kappa shape index (κ1) is 20.0. The van der Waals surface area contributed by atoms with Gasteiger partial charge in [0, 0.05) is 37.3 Å². The Balaban J connectivity index is 1.74. The first-order valence-electron chi connectivity index (χ1n) is 9.98. The van der Waals surface area contributed by atoms with Crippen LogP contribution in [0.15, 0.2) is 12.1 Å². The molecule has 2 N–H and O–H groups in total. The molecule has 4 rings (SSSR count). The van der Waals surface area contributed by atoms with Gasteiger partial charge in [0.05, 0.1) is 17.1 Å². The zero-order valence-corrected chi connectivity index (χ0v) is 16.7. The number of rotatable bonds is 3. The SMILES string of the molecule is CC1(C)CCCN1C(=O)Cn1c(N2CC[C@@H](F)[C@H](N)C2)nc2cc(F)c(F)cc21. The Morgan fingerprint density at radius 3 is 2.66 bits per heavy atom. The van der Waals surface area contributed by atoms with Gasteiger partial charge in [-0.25, -0.2) is 18.2 Å². The minimum absolute atomic E-state index is 0.0505. The smallest absolute Gasteiger partial charge is 0.243 e. The molecular formula is C20H26F3N5O. The molecule has 6 nitrogen and oxygen atoms in total. The summed E-state index contributed by atoms with van der Waals surface area (Å²) < 4.78 is 43.2. The van der Waals surface area contributed by atoms with Gasteiger partial charge in [-0.05, 0) is 33.1 Å². The third-order valence-electron chi connectivity index (χ3n) is 6.12. The van der Waals surface area contributed by atoms with Gasteiger partial charge in [0.25, 0.3) is 0 Å². The number of anilines is 1. The van der Waals surface area contributed by atoms with Crippen molar-refractivity contribution in [2.45, 2.75) is 57.4 Å². The molecule has 2 atom stereocenters. The first-order valence-corrected chi connectivity index (χ1v) is 9.98. The number of nitrogens with two attached hydrogens (primary N) is 1. The number of nitrogens with zero attached hydrogens (tertiary/aromatic N) is 4. The van der Waals surface area contributed by atoms with E-state index in [4.69, 9.17) is 5.73 Å². The van der Waals surface area contributed by atoms with Crippen LogP contribution < -0.4 is 10.6 Å². The van der Waals surface area contributed by atoms with Gasteiger partial charge < -0.3 is 20.1 Å². The van der Waals surface area contributed by atoms with E-state index in [9.17, 15) is 18.0 Å². The molecule has 1 aromatic heterocycles. The molecular weight excluding hydrogens is 383 g/mol. The van der Waals surface area contributed by atoms with E-state index in [1.807, 2.05) is 18.7 Å². The Morgan fingerprint density at radius 1 is 1.28 bits per heavy atom. The van der Waals surface area contributed by atoms with E-state index in [1.54, 1.807) is 9.47 Å². The lowest BCUT2D eigenvalue weighted by molar-refractivity contribution is -0.134. The monoisotopic (exact) mass is 409 g/mol. The number of fused-ring (bicyclic) bond motifs is 1. The molecule has 2 aliphatic heterocycles. The predicted octanol–water partition coefficient (Wildman–Crippen LogP) is 2.59. The van der Waals surface area contributed by atoms with Crippen LogP contribution in [-0.4, -0.2) is 57.7 Å². The molecule has 2 aliphatic rings. The Hall–Kier alpha value is -2.29. The number of hydrogen-bond donors (Lipinski definition) is 1. The summed E-state index contributed by atoms with van der Waals surface area (Å²) in [5.41, 5.74) is 6.22. The lowest BCUT2D eigenvalue weighted by atomic mass is 10.0. The summed E-state index contributed by atoms with van der Waals surface area (Å²) >= 11 is 0. The van der Waals surface area contributed by atoms with Gasteiger partial charge in [-0.15, -0.1) is 0 Å². The van der Waals surface area contributed by atoms with Gasteiger partial charge >= 0.3 is 0 Å². The molecule has 0 unspecified atom stereocenters. The molecule has 0 aliphatic carbocycles. The number of imidazole rings is 1. The van der Waals surface area contributed by atoms with Crippen molar-refractivity contribution in [1.82, 2.24) is 14.5 Å². The van der Waals surface area contributed by atoms with Crippen molar-refractivity contribution < 1.29 is 18.0 Å². The van der Waals surface area contributed by atoms with Crippen LogP contribution in [0.3, 0.4) is 0 Å². The zero-order chi connectivity index (χ0) is 20.9. The summed E-state index contributed by atoms with van der Waals surface area (Å²) in [6.07, 6.45) is 0.968. The van der Waals surface area contributed by atoms with Crippen molar-refractivity contribution in [3.63, 3.8) is 0 Å². The van der Waals surface area contributed by atoms with Gasteiger partial charge in [0.1, 0.15) is 12.7 Å². The summed E-state index contributed by atoms with van der Waals surface area (Å²) in [4.78, 5) is 21.1. The average molecular weight is 409 g/mol. The fraction of sp³-hybridized carbons (Fsp3) is 0.600. The highest BCUT2D eigenvalue weighted by atomic mass is 19.2. The second-order valence-electron chi connectivity index (χ2n) is 8.63. The Kier molecular flexibility index (Phi) is 4.96. The van der Waals surface area contributed by atoms with Gasteiger partial charge in [0.2, 0.25) is 11.9 Å². The fourth-order valence-electron chi connectivity index (χ4n) is 4.43. The lowest BCUT2D eigenvalue weighted by Gasteiger charge is -2.35. The van der Waals surface area contributed by atoms with E-state index in [-0.39, 0.29) is 36.5 Å². The summed E-state index contributed by atoms with van der Waals surface area (Å²) in [6.45, 7) is 5.24. The number of amides is 1. The van der Waals surface area contributed by atoms with E-state index in [0.29, 0.717) is 24.6 Å². The van der Waals surface area contributed by atoms with Gasteiger partial charge in [-0.3, -0.25) is 4.79 Å². The van der Waals surface area contributed by atoms with Crippen LogP contribution in [-0.2, 0) is 11.3 Å². The van der Waals surface area contributed by atoms with Crippen LogP contribution in [0.2, 0.25) is 0 Å². The number of benzene rings is 1. The molecule has 0 saturated carbocycles. The Labute approximate surface area is 167 Å². The Morgan fingerprint density at radius 2 is 2.00 bits per heavy atom. The van der Waals surface area contributed by atoms with Crippen LogP contribution in [0.25, 0.3) is 11.0 Å². The highest BCUT2D eigenvalue weighted by Crippen LogP contribution is 2.31. The second kappa shape index (κ2) is 7.19. The molecule has 2 saturated heterocycles. The highest BCUT2D eigenvalue weighted by Gasteiger charge is 2.36. The number of carbonyl (C=O) groups excluding carboxylic acids is 1. The number of piperidine rings is 1. The Bertz CT molecular complexity index is 944. The minimum Gasteiger partial charge on any atom is -0.340 e. The third kappa shape index (κ3) is 3.56. The van der Waals surface area contributed by atoms with Gasteiger partial charge in [0.15, 0.2) is 11.6 Å². The third-order valence-corrected chi connectivity index (χ3v) is 6.12. The molecule has 2 fully saturated rings. The van der Waals surface area contributed by atoms with Crippen molar-refractivity contribution in [2.75, 3.05) is 24.5 Å². The van der Waals surface area contributed by atoms with Crippen LogP contribution in [0, 0.1) is 11.6 Å². The van der Waals surface area contributed by atoms with Gasteiger partial charge in [-0.2, -0.15) is 0 Å². The number of hydrogen-bond acceptors (Lipinski definition) is 4. The predicted molar refractivity (Wildman–Crippen MR) is 104 cm³/mol. The molecule has 0 bridgehead atoms. The lowest BCUT2D eigenvalue weighted by Crippen LogP contribution is -2.50. The van der Waals surface area contributed by atoms with E-state index >= 15 is 0 Å². The molecule has 9 heteroatoms. The zero-order valence-electron chi connectivity index (χ0n) is 16.7. The maximum Gasteiger partial charge on any atom is 0.243 e. The van der Waals surface area contributed by atoms with Crippen molar-refractivity contribution in [3.8, 4) is 0 Å². The molecule has 3 heterocycles. The number of alkyl halides is 1. The molecule has 158 valence electrons. The summed E-state index contributed by atoms with van der Waals surface area (Å²) in [7, 11) is 0. The fourth-order valence-corrected chi connectivity index (χ4v) is 4.43. The molecule has 2 aromatic rings. The van der Waals surface area contributed by atoms with Crippen molar-refractivity contribution in [3.05, 3.63) is 23.8 Å². The van der Waals surface area contributed by atoms with E-state index < -0.39 is 23.8 Å². The standard InChI is InChI=1S/C20H26F3N5O/c1-20(2)5-3-6-28(20)18(29)11-27-17-9-14(23)13(22)8-16(17)25-19(27)26-7-4-12(21)15(24)10-26/h8-9,12,15H,3-7,10-11,24H2,1-2H3/t12-,15-/m1/s1. The van der Waals surface area contributed by atoms with Crippen LogP contribution in [0.1, 0.15) is 33.1 Å². The number of likely N-dealkylation sites (tertiary alicyclic amines) is 1. The maximum atomic E-state index is 14.0. The van der Waals surface area contributed by atoms with E-state index in [1.165, 1.54) is 0 Å². The minimum atomic E-state index is -1.11. The largest absolute Gasteiger partial charge is 0.340 e. The topological polar surface area (TPSA) is 67.4 Å². The summed E-state index contributed by atoms with van der Waals surface area (Å²) in [5, 5.41) is 0. The van der Waals surface area contributed by atoms with Crippen molar-refractivity contribution in [1.29, 1.82) is 0 Å². The van der Waals surface area contributed by atoms with Crippen molar-refractivity contribution >= 4 is 22.9 Å². The first-order chi connectivity index (χ1) is 13.7. The molecule has 29 heavy (non-hydrogen) atoms. The second-order valence-corrected chi connectivity index (χ2v) is 8.63. The van der Waals surface area contributed by atoms with Crippen LogP contribution >= 0.6 is 0 Å². The molecule has 1 amide bonds. The average Bonchev–Trinajstić information content (AvgIpc) is 3.18. The van der Waals surface area contributed by atoms with Gasteiger partial charge in [-0.1, -0.05) is 0 Å². The van der Waals surface area contributed by atoms with Crippen LogP contribution in [0.5, 0.6) is 0 Å². The number of carbonyl (C=O) groups is 1. The quantitative estimate of drug-likeness (QED) is 0.846. The highest BCUT2D eigenvalue weighted by molar-refractivity contribution is 5.84. The van der Waals surface area contributed by atoms with Crippen molar-refractivity contribution in [2.24, 2.45) is 5.73 Å². The summed E-state index contributed by atoms with van der Waals surface area (Å²) in [5.74, 6) is -1.72.